The van der Waals surface area contributed by atoms with Gasteiger partial charge in [0.25, 0.3) is 0 Å². The third-order valence-electron chi connectivity index (χ3n) is 8.10. The molecule has 1 saturated carbocycles. The number of carbonyl (C=O) groups is 2. The van der Waals surface area contributed by atoms with Crippen LogP contribution >= 0.6 is 0 Å². The summed E-state index contributed by atoms with van der Waals surface area (Å²) in [5.74, 6) is -1.50. The minimum Gasteiger partial charge on any atom is -0.493 e. The lowest BCUT2D eigenvalue weighted by atomic mass is 9.69. The van der Waals surface area contributed by atoms with E-state index in [9.17, 15) is 9.59 Å². The Balaban J connectivity index is 1.52. The Labute approximate surface area is 222 Å². The monoisotopic (exact) mass is 519 g/mol. The van der Waals surface area contributed by atoms with E-state index in [1.807, 2.05) is 18.2 Å². The van der Waals surface area contributed by atoms with E-state index in [2.05, 4.69) is 0 Å². The molecule has 0 saturated heterocycles. The van der Waals surface area contributed by atoms with Crippen LogP contribution in [0.25, 0.3) is 0 Å². The summed E-state index contributed by atoms with van der Waals surface area (Å²) < 4.78 is 32.0. The SMILES string of the molecule is COc1ccc([C@H]2CC(=O)C3=C(C2)N=C(C)C(C(=O)OC2CCCCC2)[C@H]3c2ccccc2F)cc1OC. The second kappa shape index (κ2) is 11.1. The van der Waals surface area contributed by atoms with Crippen molar-refractivity contribution in [3.8, 4) is 11.5 Å². The second-order valence-corrected chi connectivity index (χ2v) is 10.4. The van der Waals surface area contributed by atoms with Crippen LogP contribution in [-0.4, -0.2) is 37.8 Å². The summed E-state index contributed by atoms with van der Waals surface area (Å²) >= 11 is 0. The molecule has 3 aliphatic rings. The predicted molar refractivity (Wildman–Crippen MR) is 142 cm³/mol. The third kappa shape index (κ3) is 4.98. The fourth-order valence-electron chi connectivity index (χ4n) is 6.19. The minimum absolute atomic E-state index is 0.119. The largest absolute Gasteiger partial charge is 0.493 e. The van der Waals surface area contributed by atoms with Gasteiger partial charge in [-0.2, -0.15) is 0 Å². The van der Waals surface area contributed by atoms with Crippen molar-refractivity contribution in [2.75, 3.05) is 14.2 Å². The summed E-state index contributed by atoms with van der Waals surface area (Å²) in [5, 5.41) is 0. The fraction of sp³-hybridized carbons (Fsp3) is 0.452. The maximum Gasteiger partial charge on any atom is 0.315 e. The van der Waals surface area contributed by atoms with E-state index >= 15 is 4.39 Å². The number of methoxy groups -OCH3 is 2. The van der Waals surface area contributed by atoms with Gasteiger partial charge in [-0.3, -0.25) is 14.6 Å². The Hall–Kier alpha value is -3.48. The molecule has 2 aromatic carbocycles. The zero-order chi connectivity index (χ0) is 26.8. The van der Waals surface area contributed by atoms with Gasteiger partial charge in [0.2, 0.25) is 0 Å². The molecule has 0 bridgehead atoms. The minimum atomic E-state index is -0.839. The zero-order valence-electron chi connectivity index (χ0n) is 22.2. The molecule has 0 aromatic heterocycles. The van der Waals surface area contributed by atoms with E-state index in [4.69, 9.17) is 19.2 Å². The number of hydrogen-bond acceptors (Lipinski definition) is 6. The summed E-state index contributed by atoms with van der Waals surface area (Å²) in [6.45, 7) is 1.79. The smallest absolute Gasteiger partial charge is 0.315 e. The van der Waals surface area contributed by atoms with Crippen LogP contribution in [0.1, 0.15) is 74.8 Å². The molecule has 1 unspecified atom stereocenters. The van der Waals surface area contributed by atoms with Gasteiger partial charge in [-0.25, -0.2) is 4.39 Å². The lowest BCUT2D eigenvalue weighted by Crippen LogP contribution is -2.39. The summed E-state index contributed by atoms with van der Waals surface area (Å²) in [4.78, 5) is 32.2. The zero-order valence-corrected chi connectivity index (χ0v) is 22.2. The van der Waals surface area contributed by atoms with E-state index in [-0.39, 0.29) is 24.2 Å². The molecule has 0 radical (unpaired) electrons. The molecule has 2 aromatic rings. The quantitative estimate of drug-likeness (QED) is 0.419. The molecule has 3 atom stereocenters. The standard InChI is InChI=1S/C31H34FNO5/c1-18-28(31(35)38-21-9-5-4-6-10-21)29(22-11-7-8-12-23(22)32)30-24(33-18)15-20(16-25(30)34)19-13-14-26(36-2)27(17-19)37-3/h7-8,11-14,17,20-21,28-29H,4-6,9-10,15-16H2,1-3H3/t20-,28?,29-/m1/s1. The molecule has 0 N–H and O–H groups in total. The maximum atomic E-state index is 15.2. The van der Waals surface area contributed by atoms with Gasteiger partial charge in [-0.1, -0.05) is 30.7 Å². The molecule has 0 spiro atoms. The number of nitrogens with zero attached hydrogens (tertiary/aromatic N) is 1. The Bertz CT molecular complexity index is 1290. The number of ether oxygens (including phenoxy) is 3. The maximum absolute atomic E-state index is 15.2. The number of allylic oxidation sites excluding steroid dienone is 2. The Morgan fingerprint density at radius 3 is 2.42 bits per heavy atom. The summed E-state index contributed by atoms with van der Waals surface area (Å²) in [7, 11) is 3.16. The van der Waals surface area contributed by atoms with Gasteiger partial charge < -0.3 is 14.2 Å². The van der Waals surface area contributed by atoms with Crippen molar-refractivity contribution < 1.29 is 28.2 Å². The topological polar surface area (TPSA) is 74.2 Å². The van der Waals surface area contributed by atoms with Crippen LogP contribution in [0.2, 0.25) is 0 Å². The number of benzene rings is 2. The summed E-state index contributed by atoms with van der Waals surface area (Å²) in [6.07, 6.45) is 5.45. The highest BCUT2D eigenvalue weighted by Crippen LogP contribution is 2.48. The van der Waals surface area contributed by atoms with Crippen LogP contribution in [-0.2, 0) is 14.3 Å². The Morgan fingerprint density at radius 1 is 0.974 bits per heavy atom. The van der Waals surface area contributed by atoms with Gasteiger partial charge in [-0.05, 0) is 74.3 Å². The van der Waals surface area contributed by atoms with Gasteiger partial charge in [0, 0.05) is 29.3 Å². The number of Topliss-reactive ketones (excluding diaryl/α,β-unsaturated/α-hetero) is 1. The Kier molecular flexibility index (Phi) is 7.63. The van der Waals surface area contributed by atoms with Crippen LogP contribution in [0.5, 0.6) is 11.5 Å². The molecule has 1 aliphatic heterocycles. The molecule has 7 heteroatoms. The van der Waals surface area contributed by atoms with Gasteiger partial charge >= 0.3 is 5.97 Å². The van der Waals surface area contributed by atoms with Gasteiger partial charge in [0.05, 0.1) is 14.2 Å². The normalized spacial score (nSPS) is 23.9. The number of aliphatic imine (C=N–C) groups is 1. The molecule has 1 heterocycles. The van der Waals surface area contributed by atoms with Crippen LogP contribution < -0.4 is 9.47 Å². The van der Waals surface area contributed by atoms with E-state index < -0.39 is 23.6 Å². The molecule has 1 fully saturated rings. The first-order valence-corrected chi connectivity index (χ1v) is 13.4. The van der Waals surface area contributed by atoms with Crippen LogP contribution in [0.3, 0.4) is 0 Å². The van der Waals surface area contributed by atoms with Crippen molar-refractivity contribution in [3.63, 3.8) is 0 Å². The highest BCUT2D eigenvalue weighted by Gasteiger charge is 2.46. The number of esters is 1. The number of ketones is 1. The van der Waals surface area contributed by atoms with Crippen LogP contribution in [0.15, 0.2) is 58.7 Å². The van der Waals surface area contributed by atoms with Gasteiger partial charge in [0.15, 0.2) is 17.3 Å². The Morgan fingerprint density at radius 2 is 1.71 bits per heavy atom. The lowest BCUT2D eigenvalue weighted by molar-refractivity contribution is -0.153. The first-order chi connectivity index (χ1) is 18.4. The third-order valence-corrected chi connectivity index (χ3v) is 8.10. The highest BCUT2D eigenvalue weighted by molar-refractivity contribution is 6.09. The molecule has 200 valence electrons. The molecule has 6 nitrogen and oxygen atoms in total. The van der Waals surface area contributed by atoms with Crippen LogP contribution in [0.4, 0.5) is 4.39 Å². The predicted octanol–water partition coefficient (Wildman–Crippen LogP) is 6.29. The highest BCUT2D eigenvalue weighted by atomic mass is 19.1. The molecule has 0 amide bonds. The first kappa shape index (κ1) is 26.1. The average Bonchev–Trinajstić information content (AvgIpc) is 2.92. The average molecular weight is 520 g/mol. The van der Waals surface area contributed by atoms with E-state index in [1.54, 1.807) is 39.3 Å². The van der Waals surface area contributed by atoms with Gasteiger partial charge in [0.1, 0.15) is 17.8 Å². The summed E-state index contributed by atoms with van der Waals surface area (Å²) in [5.41, 5.74) is 2.88. The van der Waals surface area contributed by atoms with Crippen LogP contribution in [0, 0.1) is 11.7 Å². The number of carbonyl (C=O) groups excluding carboxylic acids is 2. The van der Waals surface area contributed by atoms with E-state index in [1.165, 1.54) is 6.07 Å². The van der Waals surface area contributed by atoms with Crippen molar-refractivity contribution in [2.24, 2.45) is 10.9 Å². The van der Waals surface area contributed by atoms with Gasteiger partial charge in [-0.15, -0.1) is 0 Å². The molecular weight excluding hydrogens is 485 g/mol. The molecular formula is C31H34FNO5. The number of halogens is 1. The second-order valence-electron chi connectivity index (χ2n) is 10.4. The van der Waals surface area contributed by atoms with E-state index in [0.29, 0.717) is 40.5 Å². The molecule has 5 rings (SSSR count). The number of rotatable bonds is 6. The van der Waals surface area contributed by atoms with Crippen molar-refractivity contribution >= 4 is 17.5 Å². The van der Waals surface area contributed by atoms with E-state index in [0.717, 1.165) is 37.7 Å². The fourth-order valence-corrected chi connectivity index (χ4v) is 6.19. The van der Waals surface area contributed by atoms with Crippen molar-refractivity contribution in [3.05, 3.63) is 70.7 Å². The lowest BCUT2D eigenvalue weighted by Gasteiger charge is -2.37. The van der Waals surface area contributed by atoms with Crippen molar-refractivity contribution in [1.29, 1.82) is 0 Å². The summed E-state index contributed by atoms with van der Waals surface area (Å²) in [6, 6.07) is 12.0. The van der Waals surface area contributed by atoms with Crippen molar-refractivity contribution in [1.82, 2.24) is 0 Å². The molecule has 38 heavy (non-hydrogen) atoms. The molecule has 2 aliphatic carbocycles. The number of hydrogen-bond donors (Lipinski definition) is 0. The first-order valence-electron chi connectivity index (χ1n) is 13.4. The van der Waals surface area contributed by atoms with Crippen molar-refractivity contribution in [2.45, 2.75) is 69.8 Å².